The predicted molar refractivity (Wildman–Crippen MR) is 73.8 cm³/mol. The van der Waals surface area contributed by atoms with E-state index >= 15 is 0 Å². The molecule has 0 spiro atoms. The Kier molecular flexibility index (Phi) is 4.53. The first-order valence-corrected chi connectivity index (χ1v) is 7.76. The monoisotopic (exact) mass is 294 g/mol. The van der Waals surface area contributed by atoms with E-state index in [1.165, 1.54) is 7.11 Å². The second-order valence-electron chi connectivity index (χ2n) is 5.94. The zero-order valence-electron chi connectivity index (χ0n) is 12.4. The standard InChI is InChI=1S/C15H22N2O4/c1-19-15(18)12-4-2-10(3-5-12)13-16-17-14(21-13)11-6-8-20-9-7-11/h10-12H,2-9H2,1H3/t10-,12-. The molecule has 21 heavy (non-hydrogen) atoms. The molecule has 0 aromatic carbocycles. The van der Waals surface area contributed by atoms with Gasteiger partial charge in [-0.05, 0) is 38.5 Å². The summed E-state index contributed by atoms with van der Waals surface area (Å²) >= 11 is 0. The third-order valence-corrected chi connectivity index (χ3v) is 4.64. The van der Waals surface area contributed by atoms with Gasteiger partial charge in [-0.3, -0.25) is 4.79 Å². The van der Waals surface area contributed by atoms with Crippen LogP contribution in [-0.2, 0) is 14.3 Å². The van der Waals surface area contributed by atoms with E-state index in [0.717, 1.165) is 63.5 Å². The number of carbonyl (C=O) groups excluding carboxylic acids is 1. The molecule has 2 heterocycles. The van der Waals surface area contributed by atoms with Crippen molar-refractivity contribution >= 4 is 5.97 Å². The number of ether oxygens (including phenoxy) is 2. The number of nitrogens with zero attached hydrogens (tertiary/aromatic N) is 2. The van der Waals surface area contributed by atoms with Crippen LogP contribution in [-0.4, -0.2) is 36.5 Å². The van der Waals surface area contributed by atoms with Crippen molar-refractivity contribution in [2.45, 2.75) is 50.4 Å². The summed E-state index contributed by atoms with van der Waals surface area (Å²) in [6.07, 6.45) is 5.41. The Balaban J connectivity index is 1.58. The highest BCUT2D eigenvalue weighted by Crippen LogP contribution is 2.36. The van der Waals surface area contributed by atoms with E-state index < -0.39 is 0 Å². The molecule has 0 radical (unpaired) electrons. The molecule has 1 aliphatic heterocycles. The quantitative estimate of drug-likeness (QED) is 0.797. The lowest BCUT2D eigenvalue weighted by Crippen LogP contribution is -2.22. The zero-order chi connectivity index (χ0) is 14.7. The fraction of sp³-hybridized carbons (Fsp3) is 0.800. The average Bonchev–Trinajstić information content (AvgIpc) is 3.05. The number of hydrogen-bond acceptors (Lipinski definition) is 6. The van der Waals surface area contributed by atoms with Crippen LogP contribution in [0, 0.1) is 5.92 Å². The first-order chi connectivity index (χ1) is 10.3. The first-order valence-electron chi connectivity index (χ1n) is 7.76. The van der Waals surface area contributed by atoms with Crippen LogP contribution in [0.15, 0.2) is 4.42 Å². The molecule has 1 saturated carbocycles. The van der Waals surface area contributed by atoms with Crippen LogP contribution in [0.4, 0.5) is 0 Å². The molecule has 0 N–H and O–H groups in total. The van der Waals surface area contributed by atoms with Crippen molar-refractivity contribution < 1.29 is 18.7 Å². The van der Waals surface area contributed by atoms with E-state index in [2.05, 4.69) is 10.2 Å². The highest BCUT2D eigenvalue weighted by molar-refractivity contribution is 5.72. The van der Waals surface area contributed by atoms with Crippen LogP contribution in [0.1, 0.15) is 62.1 Å². The van der Waals surface area contributed by atoms with Gasteiger partial charge in [-0.25, -0.2) is 0 Å². The third kappa shape index (κ3) is 3.26. The molecule has 2 aliphatic rings. The molecule has 6 heteroatoms. The van der Waals surface area contributed by atoms with E-state index in [-0.39, 0.29) is 17.8 Å². The first kappa shape index (κ1) is 14.5. The molecule has 1 aromatic rings. The molecule has 0 amide bonds. The molecule has 0 atom stereocenters. The van der Waals surface area contributed by atoms with Crippen LogP contribution in [0.2, 0.25) is 0 Å². The number of rotatable bonds is 3. The Morgan fingerprint density at radius 3 is 2.14 bits per heavy atom. The molecule has 2 fully saturated rings. The molecule has 0 unspecified atom stereocenters. The van der Waals surface area contributed by atoms with Gasteiger partial charge in [-0.1, -0.05) is 0 Å². The highest BCUT2D eigenvalue weighted by Gasteiger charge is 2.31. The number of methoxy groups -OCH3 is 1. The predicted octanol–water partition coefficient (Wildman–Crippen LogP) is 2.41. The normalized spacial score (nSPS) is 27.5. The summed E-state index contributed by atoms with van der Waals surface area (Å²) in [5, 5.41) is 8.45. The highest BCUT2D eigenvalue weighted by atomic mass is 16.5. The molecule has 1 aliphatic carbocycles. The van der Waals surface area contributed by atoms with Gasteiger partial charge in [-0.15, -0.1) is 10.2 Å². The van der Waals surface area contributed by atoms with Gasteiger partial charge in [0.2, 0.25) is 11.8 Å². The van der Waals surface area contributed by atoms with Crippen molar-refractivity contribution in [3.8, 4) is 0 Å². The van der Waals surface area contributed by atoms with Crippen LogP contribution in [0.25, 0.3) is 0 Å². The smallest absolute Gasteiger partial charge is 0.308 e. The van der Waals surface area contributed by atoms with Crippen molar-refractivity contribution in [2.24, 2.45) is 5.92 Å². The van der Waals surface area contributed by atoms with E-state index in [4.69, 9.17) is 13.9 Å². The Morgan fingerprint density at radius 2 is 1.57 bits per heavy atom. The number of esters is 1. The summed E-state index contributed by atoms with van der Waals surface area (Å²) in [7, 11) is 1.45. The van der Waals surface area contributed by atoms with Gasteiger partial charge in [-0.2, -0.15) is 0 Å². The van der Waals surface area contributed by atoms with Crippen LogP contribution in [0.5, 0.6) is 0 Å². The largest absolute Gasteiger partial charge is 0.469 e. The van der Waals surface area contributed by atoms with Crippen molar-refractivity contribution in [2.75, 3.05) is 20.3 Å². The van der Waals surface area contributed by atoms with Gasteiger partial charge in [0.25, 0.3) is 0 Å². The van der Waals surface area contributed by atoms with Gasteiger partial charge in [0.1, 0.15) is 0 Å². The van der Waals surface area contributed by atoms with Crippen LogP contribution in [0.3, 0.4) is 0 Å². The molecular weight excluding hydrogens is 272 g/mol. The van der Waals surface area contributed by atoms with Crippen LogP contribution >= 0.6 is 0 Å². The number of aromatic nitrogens is 2. The topological polar surface area (TPSA) is 74.5 Å². The van der Waals surface area contributed by atoms with Crippen molar-refractivity contribution in [3.05, 3.63) is 11.8 Å². The fourth-order valence-corrected chi connectivity index (χ4v) is 3.26. The summed E-state index contributed by atoms with van der Waals surface area (Å²) in [6.45, 7) is 1.54. The van der Waals surface area contributed by atoms with Gasteiger partial charge in [0.15, 0.2) is 0 Å². The molecular formula is C15H22N2O4. The maximum Gasteiger partial charge on any atom is 0.308 e. The number of carbonyl (C=O) groups is 1. The molecule has 116 valence electrons. The zero-order valence-corrected chi connectivity index (χ0v) is 12.4. The van der Waals surface area contributed by atoms with E-state index in [9.17, 15) is 4.79 Å². The summed E-state index contributed by atoms with van der Waals surface area (Å²) in [6, 6.07) is 0. The summed E-state index contributed by atoms with van der Waals surface area (Å²) in [5.74, 6) is 2.05. The minimum Gasteiger partial charge on any atom is -0.469 e. The Bertz CT molecular complexity index is 474. The van der Waals surface area contributed by atoms with Crippen molar-refractivity contribution in [1.82, 2.24) is 10.2 Å². The van der Waals surface area contributed by atoms with Gasteiger partial charge in [0, 0.05) is 25.0 Å². The van der Waals surface area contributed by atoms with Gasteiger partial charge >= 0.3 is 5.97 Å². The minimum atomic E-state index is -0.0955. The minimum absolute atomic E-state index is 0.0316. The van der Waals surface area contributed by atoms with Gasteiger partial charge < -0.3 is 13.9 Å². The Hall–Kier alpha value is -1.43. The van der Waals surface area contributed by atoms with Crippen molar-refractivity contribution in [1.29, 1.82) is 0 Å². The Labute approximate surface area is 124 Å². The lowest BCUT2D eigenvalue weighted by molar-refractivity contribution is -0.146. The Morgan fingerprint density at radius 1 is 1.00 bits per heavy atom. The van der Waals surface area contributed by atoms with E-state index in [0.29, 0.717) is 5.92 Å². The fourth-order valence-electron chi connectivity index (χ4n) is 3.26. The summed E-state index contributed by atoms with van der Waals surface area (Å²) in [5.41, 5.74) is 0. The van der Waals surface area contributed by atoms with Gasteiger partial charge in [0.05, 0.1) is 13.0 Å². The second-order valence-corrected chi connectivity index (χ2v) is 5.94. The molecule has 3 rings (SSSR count). The molecule has 1 aromatic heterocycles. The number of hydrogen-bond donors (Lipinski definition) is 0. The maximum absolute atomic E-state index is 11.5. The molecule has 0 bridgehead atoms. The SMILES string of the molecule is COC(=O)[C@H]1CC[C@H](c2nnc(C3CCOCC3)o2)CC1. The average molecular weight is 294 g/mol. The third-order valence-electron chi connectivity index (χ3n) is 4.64. The van der Waals surface area contributed by atoms with E-state index in [1.807, 2.05) is 0 Å². The molecule has 6 nitrogen and oxygen atoms in total. The summed E-state index contributed by atoms with van der Waals surface area (Å²) in [4.78, 5) is 11.5. The second kappa shape index (κ2) is 6.56. The maximum atomic E-state index is 11.5. The van der Waals surface area contributed by atoms with Crippen LogP contribution < -0.4 is 0 Å². The summed E-state index contributed by atoms with van der Waals surface area (Å²) < 4.78 is 16.1. The van der Waals surface area contributed by atoms with Crippen molar-refractivity contribution in [3.63, 3.8) is 0 Å². The molecule has 1 saturated heterocycles. The van der Waals surface area contributed by atoms with E-state index in [1.54, 1.807) is 0 Å². The lowest BCUT2D eigenvalue weighted by atomic mass is 9.82. The lowest BCUT2D eigenvalue weighted by Gasteiger charge is -2.24.